The average Bonchev–Trinajstić information content (AvgIpc) is 2.82. The first-order valence-electron chi connectivity index (χ1n) is 6.51. The average molecular weight is 258 g/mol. The Kier molecular flexibility index (Phi) is 4.34. The molecule has 0 unspecified atom stereocenters. The van der Waals surface area contributed by atoms with Crippen molar-refractivity contribution in [2.45, 2.75) is 26.7 Å². The Morgan fingerprint density at radius 3 is 2.74 bits per heavy atom. The van der Waals surface area contributed by atoms with Crippen LogP contribution in [0.15, 0.2) is 36.4 Å². The van der Waals surface area contributed by atoms with Crippen LogP contribution in [0.4, 0.5) is 4.79 Å². The van der Waals surface area contributed by atoms with Gasteiger partial charge < -0.3 is 4.74 Å². The molecule has 0 aliphatic carbocycles. The molecule has 1 aromatic carbocycles. The maximum atomic E-state index is 12.0. The van der Waals surface area contributed by atoms with Gasteiger partial charge in [0.1, 0.15) is 0 Å². The lowest BCUT2D eigenvalue weighted by atomic mass is 10.1. The summed E-state index contributed by atoms with van der Waals surface area (Å²) in [7, 11) is 0. The van der Waals surface area contributed by atoms with Crippen LogP contribution in [0.3, 0.4) is 0 Å². The van der Waals surface area contributed by atoms with Crippen molar-refractivity contribution in [2.24, 2.45) is 0 Å². The summed E-state index contributed by atoms with van der Waals surface area (Å²) < 4.78 is 6.54. The lowest BCUT2D eigenvalue weighted by molar-refractivity contribution is 0.143. The minimum atomic E-state index is -0.416. The Hall–Kier alpha value is -2.10. The molecule has 0 saturated heterocycles. The zero-order valence-corrected chi connectivity index (χ0v) is 11.3. The van der Waals surface area contributed by atoms with Crippen molar-refractivity contribution in [3.05, 3.63) is 42.1 Å². The largest absolute Gasteiger partial charge is 0.448 e. The van der Waals surface area contributed by atoms with Crippen LogP contribution >= 0.6 is 0 Å². The van der Waals surface area contributed by atoms with Gasteiger partial charge in [0, 0.05) is 5.56 Å². The number of ether oxygens (including phenoxy) is 1. The second-order valence-electron chi connectivity index (χ2n) is 4.42. The van der Waals surface area contributed by atoms with Crippen LogP contribution in [0.25, 0.3) is 11.3 Å². The molecule has 0 N–H and O–H groups in total. The van der Waals surface area contributed by atoms with E-state index < -0.39 is 6.09 Å². The van der Waals surface area contributed by atoms with E-state index in [1.54, 1.807) is 0 Å². The number of carbonyl (C=O) groups is 1. The molecular formula is C15H18N2O2. The molecular weight excluding hydrogens is 240 g/mol. The van der Waals surface area contributed by atoms with Crippen LogP contribution in [-0.2, 0) is 4.74 Å². The van der Waals surface area contributed by atoms with Crippen molar-refractivity contribution in [3.8, 4) is 11.3 Å². The van der Waals surface area contributed by atoms with Gasteiger partial charge in [0.15, 0.2) is 0 Å². The fourth-order valence-corrected chi connectivity index (χ4v) is 1.82. The molecule has 2 aromatic rings. The molecule has 0 saturated carbocycles. The number of aromatic nitrogens is 2. The number of hydrogen-bond acceptors (Lipinski definition) is 3. The number of benzene rings is 1. The molecule has 0 aliphatic rings. The summed E-state index contributed by atoms with van der Waals surface area (Å²) in [6, 6.07) is 11.6. The van der Waals surface area contributed by atoms with Crippen LogP contribution < -0.4 is 0 Å². The SMILES string of the molecule is CCCCOC(=O)n1nc(C)cc1-c1ccccc1. The standard InChI is InChI=1S/C15H18N2O2/c1-3-4-10-19-15(18)17-14(11-12(2)16-17)13-8-6-5-7-9-13/h5-9,11H,3-4,10H2,1-2H3. The summed E-state index contributed by atoms with van der Waals surface area (Å²) >= 11 is 0. The quantitative estimate of drug-likeness (QED) is 0.786. The highest BCUT2D eigenvalue weighted by Crippen LogP contribution is 2.20. The van der Waals surface area contributed by atoms with Gasteiger partial charge in [-0.1, -0.05) is 43.7 Å². The smallest absolute Gasteiger partial charge is 0.435 e. The van der Waals surface area contributed by atoms with E-state index in [4.69, 9.17) is 4.74 Å². The summed E-state index contributed by atoms with van der Waals surface area (Å²) in [6.45, 7) is 4.35. The van der Waals surface area contributed by atoms with Crippen LogP contribution in [0.1, 0.15) is 25.5 Å². The van der Waals surface area contributed by atoms with Gasteiger partial charge in [-0.3, -0.25) is 0 Å². The van der Waals surface area contributed by atoms with Crippen LogP contribution in [-0.4, -0.2) is 22.5 Å². The highest BCUT2D eigenvalue weighted by Gasteiger charge is 2.15. The minimum Gasteiger partial charge on any atom is -0.448 e. The fourth-order valence-electron chi connectivity index (χ4n) is 1.82. The third-order valence-corrected chi connectivity index (χ3v) is 2.80. The van der Waals surface area contributed by atoms with Crippen LogP contribution in [0.5, 0.6) is 0 Å². The molecule has 0 aliphatic heterocycles. The highest BCUT2D eigenvalue weighted by molar-refractivity contribution is 5.77. The Bertz CT molecular complexity index is 547. The fraction of sp³-hybridized carbons (Fsp3) is 0.333. The molecule has 1 heterocycles. The summed E-state index contributed by atoms with van der Waals surface area (Å²) in [5.74, 6) is 0. The number of rotatable bonds is 4. The Labute approximate surface area is 113 Å². The van der Waals surface area contributed by atoms with E-state index in [9.17, 15) is 4.79 Å². The maximum Gasteiger partial charge on any atom is 0.435 e. The van der Waals surface area contributed by atoms with Crippen molar-refractivity contribution in [2.75, 3.05) is 6.61 Å². The van der Waals surface area contributed by atoms with Gasteiger partial charge in [0.05, 0.1) is 18.0 Å². The number of nitrogens with zero attached hydrogens (tertiary/aromatic N) is 2. The number of carbonyl (C=O) groups excluding carboxylic acids is 1. The van der Waals surface area contributed by atoms with Crippen molar-refractivity contribution in [1.29, 1.82) is 0 Å². The molecule has 19 heavy (non-hydrogen) atoms. The van der Waals surface area contributed by atoms with E-state index in [0.29, 0.717) is 6.61 Å². The Morgan fingerprint density at radius 1 is 1.32 bits per heavy atom. The Balaban J connectivity index is 2.24. The summed E-state index contributed by atoms with van der Waals surface area (Å²) in [6.07, 6.45) is 1.45. The summed E-state index contributed by atoms with van der Waals surface area (Å²) in [4.78, 5) is 12.0. The van der Waals surface area contributed by atoms with E-state index in [0.717, 1.165) is 29.8 Å². The molecule has 0 radical (unpaired) electrons. The van der Waals surface area contributed by atoms with Crippen LogP contribution in [0, 0.1) is 6.92 Å². The van der Waals surface area contributed by atoms with Crippen molar-refractivity contribution >= 4 is 6.09 Å². The van der Waals surface area contributed by atoms with Gasteiger partial charge in [-0.05, 0) is 19.4 Å². The minimum absolute atomic E-state index is 0.416. The van der Waals surface area contributed by atoms with Gasteiger partial charge >= 0.3 is 6.09 Å². The topological polar surface area (TPSA) is 44.1 Å². The maximum absolute atomic E-state index is 12.0. The van der Waals surface area contributed by atoms with E-state index in [-0.39, 0.29) is 0 Å². The van der Waals surface area contributed by atoms with E-state index in [1.807, 2.05) is 43.3 Å². The molecule has 0 amide bonds. The third-order valence-electron chi connectivity index (χ3n) is 2.80. The van der Waals surface area contributed by atoms with Gasteiger partial charge in [-0.15, -0.1) is 0 Å². The molecule has 2 rings (SSSR count). The Morgan fingerprint density at radius 2 is 2.05 bits per heavy atom. The second-order valence-corrected chi connectivity index (χ2v) is 4.42. The lowest BCUT2D eigenvalue weighted by Crippen LogP contribution is -2.17. The number of aryl methyl sites for hydroxylation is 1. The number of unbranched alkanes of at least 4 members (excludes halogenated alkanes) is 1. The third kappa shape index (κ3) is 3.22. The number of hydrogen-bond donors (Lipinski definition) is 0. The predicted molar refractivity (Wildman–Crippen MR) is 74.1 cm³/mol. The van der Waals surface area contributed by atoms with E-state index in [2.05, 4.69) is 12.0 Å². The zero-order chi connectivity index (χ0) is 13.7. The molecule has 1 aromatic heterocycles. The predicted octanol–water partition coefficient (Wildman–Crippen LogP) is 3.64. The molecule has 0 fully saturated rings. The van der Waals surface area contributed by atoms with Crippen LogP contribution in [0.2, 0.25) is 0 Å². The molecule has 0 bridgehead atoms. The highest BCUT2D eigenvalue weighted by atomic mass is 16.6. The van der Waals surface area contributed by atoms with Crippen molar-refractivity contribution in [3.63, 3.8) is 0 Å². The monoisotopic (exact) mass is 258 g/mol. The van der Waals surface area contributed by atoms with E-state index >= 15 is 0 Å². The van der Waals surface area contributed by atoms with Gasteiger partial charge in [0.2, 0.25) is 0 Å². The molecule has 4 nitrogen and oxygen atoms in total. The summed E-state index contributed by atoms with van der Waals surface area (Å²) in [5, 5.41) is 4.21. The first kappa shape index (κ1) is 13.3. The van der Waals surface area contributed by atoms with Crippen molar-refractivity contribution in [1.82, 2.24) is 9.78 Å². The zero-order valence-electron chi connectivity index (χ0n) is 11.3. The van der Waals surface area contributed by atoms with Crippen molar-refractivity contribution < 1.29 is 9.53 Å². The van der Waals surface area contributed by atoms with Gasteiger partial charge in [0.25, 0.3) is 0 Å². The van der Waals surface area contributed by atoms with Gasteiger partial charge in [-0.25, -0.2) is 4.79 Å². The molecule has 0 atom stereocenters. The first-order valence-corrected chi connectivity index (χ1v) is 6.51. The van der Waals surface area contributed by atoms with E-state index in [1.165, 1.54) is 4.68 Å². The molecule has 4 heteroatoms. The summed E-state index contributed by atoms with van der Waals surface area (Å²) in [5.41, 5.74) is 2.52. The van der Waals surface area contributed by atoms with Gasteiger partial charge in [-0.2, -0.15) is 9.78 Å². The molecule has 0 spiro atoms. The second kappa shape index (κ2) is 6.18. The lowest BCUT2D eigenvalue weighted by Gasteiger charge is -2.07. The first-order chi connectivity index (χ1) is 9.22. The molecule has 100 valence electrons. The normalized spacial score (nSPS) is 10.4.